The van der Waals surface area contributed by atoms with Crippen molar-refractivity contribution in [1.29, 1.82) is 0 Å². The summed E-state index contributed by atoms with van der Waals surface area (Å²) in [5.74, 6) is 0.112. The summed E-state index contributed by atoms with van der Waals surface area (Å²) in [6.07, 6.45) is 4.44. The van der Waals surface area contributed by atoms with Gasteiger partial charge < -0.3 is 5.73 Å². The molecule has 0 aliphatic heterocycles. The quantitative estimate of drug-likeness (QED) is 0.729. The Morgan fingerprint density at radius 2 is 1.30 bits per heavy atom. The first-order chi connectivity index (χ1) is 11.3. The van der Waals surface area contributed by atoms with E-state index in [9.17, 15) is 0 Å². The molecule has 2 unspecified atom stereocenters. The predicted octanol–water partition coefficient (Wildman–Crippen LogP) is 4.70. The van der Waals surface area contributed by atoms with E-state index in [1.54, 1.807) is 0 Å². The number of hydrogen-bond acceptors (Lipinski definition) is 1. The van der Waals surface area contributed by atoms with Gasteiger partial charge in [-0.25, -0.2) is 0 Å². The molecule has 3 aromatic rings. The van der Waals surface area contributed by atoms with E-state index in [1.165, 1.54) is 16.7 Å². The Kier molecular flexibility index (Phi) is 3.36. The summed E-state index contributed by atoms with van der Waals surface area (Å²) >= 11 is 0. The Balaban J connectivity index is 1.97. The third kappa shape index (κ3) is 2.21. The van der Waals surface area contributed by atoms with Gasteiger partial charge in [-0.15, -0.1) is 0 Å². The van der Waals surface area contributed by atoms with E-state index < -0.39 is 5.54 Å². The maximum absolute atomic E-state index is 7.12. The molecule has 0 bridgehead atoms. The second kappa shape index (κ2) is 5.53. The maximum atomic E-state index is 7.12. The number of benzene rings is 3. The van der Waals surface area contributed by atoms with Crippen LogP contribution >= 0.6 is 0 Å². The minimum Gasteiger partial charge on any atom is -0.317 e. The van der Waals surface area contributed by atoms with Crippen molar-refractivity contribution < 1.29 is 0 Å². The van der Waals surface area contributed by atoms with E-state index in [4.69, 9.17) is 5.73 Å². The van der Waals surface area contributed by atoms with Gasteiger partial charge in [0, 0.05) is 5.92 Å². The molecule has 3 aromatic carbocycles. The summed E-state index contributed by atoms with van der Waals surface area (Å²) in [6.45, 7) is 0. The summed E-state index contributed by atoms with van der Waals surface area (Å²) in [5.41, 5.74) is 11.3. The first-order valence-electron chi connectivity index (χ1n) is 7.97. The van der Waals surface area contributed by atoms with Gasteiger partial charge in [-0.05, 0) is 22.3 Å². The van der Waals surface area contributed by atoms with Crippen LogP contribution in [0.5, 0.6) is 0 Å². The monoisotopic (exact) mass is 297 g/mol. The van der Waals surface area contributed by atoms with Crippen LogP contribution in [0.4, 0.5) is 0 Å². The van der Waals surface area contributed by atoms with Crippen LogP contribution in [0.3, 0.4) is 0 Å². The average molecular weight is 297 g/mol. The van der Waals surface area contributed by atoms with Gasteiger partial charge >= 0.3 is 0 Å². The molecule has 2 atom stereocenters. The normalized spacial score (nSPS) is 22.6. The molecule has 0 saturated heterocycles. The lowest BCUT2D eigenvalue weighted by Gasteiger charge is -2.41. The lowest BCUT2D eigenvalue weighted by molar-refractivity contribution is 0.477. The van der Waals surface area contributed by atoms with Gasteiger partial charge in [0.1, 0.15) is 0 Å². The molecule has 0 amide bonds. The van der Waals surface area contributed by atoms with E-state index in [0.717, 1.165) is 5.56 Å². The fourth-order valence-corrected chi connectivity index (χ4v) is 3.62. The zero-order chi connectivity index (χ0) is 15.7. The van der Waals surface area contributed by atoms with Crippen LogP contribution in [0, 0.1) is 0 Å². The molecule has 0 spiro atoms. The standard InChI is InChI=1S/C22H19N/c23-22(19-12-5-2-6-13-19)20-14-8-7-11-18(20)15-16-21(22)17-9-3-1-4-10-17/h1-16,21H,23H2. The highest BCUT2D eigenvalue weighted by Gasteiger charge is 2.40. The summed E-state index contributed by atoms with van der Waals surface area (Å²) in [4.78, 5) is 0. The minimum atomic E-state index is -0.562. The van der Waals surface area contributed by atoms with Crippen molar-refractivity contribution >= 4 is 6.08 Å². The van der Waals surface area contributed by atoms with E-state index in [2.05, 4.69) is 84.9 Å². The van der Waals surface area contributed by atoms with Crippen LogP contribution in [0.25, 0.3) is 6.08 Å². The van der Waals surface area contributed by atoms with Crippen LogP contribution in [0.2, 0.25) is 0 Å². The van der Waals surface area contributed by atoms with E-state index in [-0.39, 0.29) is 5.92 Å². The third-order valence-corrected chi connectivity index (χ3v) is 4.78. The Hall–Kier alpha value is -2.64. The molecule has 0 saturated carbocycles. The number of fused-ring (bicyclic) bond motifs is 1. The van der Waals surface area contributed by atoms with E-state index in [1.807, 2.05) is 12.1 Å². The van der Waals surface area contributed by atoms with Gasteiger partial charge in [0.15, 0.2) is 0 Å². The molecule has 0 heterocycles. The zero-order valence-corrected chi connectivity index (χ0v) is 12.9. The third-order valence-electron chi connectivity index (χ3n) is 4.78. The first-order valence-corrected chi connectivity index (χ1v) is 7.97. The Morgan fingerprint density at radius 1 is 0.696 bits per heavy atom. The summed E-state index contributed by atoms with van der Waals surface area (Å²) in [5, 5.41) is 0. The molecule has 1 aliphatic rings. The Bertz CT molecular complexity index is 836. The van der Waals surface area contributed by atoms with Crippen molar-refractivity contribution in [1.82, 2.24) is 0 Å². The molecular formula is C22H19N. The van der Waals surface area contributed by atoms with Gasteiger partial charge in [-0.2, -0.15) is 0 Å². The van der Waals surface area contributed by atoms with Crippen molar-refractivity contribution in [2.24, 2.45) is 5.73 Å². The second-order valence-corrected chi connectivity index (χ2v) is 6.07. The van der Waals surface area contributed by atoms with Crippen LogP contribution < -0.4 is 5.73 Å². The highest BCUT2D eigenvalue weighted by atomic mass is 14.8. The molecule has 1 aliphatic carbocycles. The molecular weight excluding hydrogens is 278 g/mol. The molecule has 1 nitrogen and oxygen atoms in total. The van der Waals surface area contributed by atoms with Crippen molar-refractivity contribution in [3.63, 3.8) is 0 Å². The predicted molar refractivity (Wildman–Crippen MR) is 96.1 cm³/mol. The fourth-order valence-electron chi connectivity index (χ4n) is 3.62. The molecule has 0 aromatic heterocycles. The summed E-state index contributed by atoms with van der Waals surface area (Å²) in [6, 6.07) is 29.4. The van der Waals surface area contributed by atoms with Crippen LogP contribution in [-0.2, 0) is 5.54 Å². The highest BCUT2D eigenvalue weighted by Crippen LogP contribution is 2.45. The molecule has 1 heteroatoms. The Morgan fingerprint density at radius 3 is 2.04 bits per heavy atom. The topological polar surface area (TPSA) is 26.0 Å². The number of rotatable bonds is 2. The van der Waals surface area contributed by atoms with Crippen molar-refractivity contribution in [3.8, 4) is 0 Å². The summed E-state index contributed by atoms with van der Waals surface area (Å²) < 4.78 is 0. The number of hydrogen-bond donors (Lipinski definition) is 1. The van der Waals surface area contributed by atoms with Gasteiger partial charge in [0.2, 0.25) is 0 Å². The van der Waals surface area contributed by atoms with Crippen molar-refractivity contribution in [2.75, 3.05) is 0 Å². The lowest BCUT2D eigenvalue weighted by Crippen LogP contribution is -2.45. The van der Waals surface area contributed by atoms with Gasteiger partial charge in [-0.1, -0.05) is 97.1 Å². The van der Waals surface area contributed by atoms with Gasteiger partial charge in [-0.3, -0.25) is 0 Å². The van der Waals surface area contributed by atoms with Gasteiger partial charge in [0.25, 0.3) is 0 Å². The minimum absolute atomic E-state index is 0.112. The number of nitrogens with two attached hydrogens (primary N) is 1. The molecule has 2 N–H and O–H groups in total. The molecule has 23 heavy (non-hydrogen) atoms. The summed E-state index contributed by atoms with van der Waals surface area (Å²) in [7, 11) is 0. The lowest BCUT2D eigenvalue weighted by atomic mass is 9.67. The fraction of sp³-hybridized carbons (Fsp3) is 0.0909. The largest absolute Gasteiger partial charge is 0.317 e. The van der Waals surface area contributed by atoms with Crippen LogP contribution in [0.1, 0.15) is 28.2 Å². The van der Waals surface area contributed by atoms with E-state index >= 15 is 0 Å². The molecule has 112 valence electrons. The van der Waals surface area contributed by atoms with Crippen LogP contribution in [0.15, 0.2) is 91.0 Å². The molecule has 0 fully saturated rings. The first kappa shape index (κ1) is 14.0. The highest BCUT2D eigenvalue weighted by molar-refractivity contribution is 5.65. The zero-order valence-electron chi connectivity index (χ0n) is 12.9. The maximum Gasteiger partial charge on any atom is 0.0776 e. The van der Waals surface area contributed by atoms with Crippen LogP contribution in [-0.4, -0.2) is 0 Å². The smallest absolute Gasteiger partial charge is 0.0776 e. The van der Waals surface area contributed by atoms with Crippen molar-refractivity contribution in [3.05, 3.63) is 113 Å². The van der Waals surface area contributed by atoms with Crippen molar-refractivity contribution in [2.45, 2.75) is 11.5 Å². The van der Waals surface area contributed by atoms with Gasteiger partial charge in [0.05, 0.1) is 5.54 Å². The molecule has 0 radical (unpaired) electrons. The van der Waals surface area contributed by atoms with E-state index in [0.29, 0.717) is 0 Å². The molecule has 4 rings (SSSR count). The Labute approximate surface area is 137 Å². The second-order valence-electron chi connectivity index (χ2n) is 6.07. The average Bonchev–Trinajstić information content (AvgIpc) is 2.64. The SMILES string of the molecule is NC1(c2ccccc2)c2ccccc2C=CC1c1ccccc1.